The van der Waals surface area contributed by atoms with E-state index in [-0.39, 0.29) is 0 Å². The highest BCUT2D eigenvalue weighted by Gasteiger charge is 2.13. The summed E-state index contributed by atoms with van der Waals surface area (Å²) in [5, 5.41) is 2.38. The zero-order valence-electron chi connectivity index (χ0n) is 13.5. The van der Waals surface area contributed by atoms with Gasteiger partial charge in [0.05, 0.1) is 0 Å². The number of hydrogen-bond donors (Lipinski definition) is 2. The molecule has 1 heterocycles. The van der Waals surface area contributed by atoms with Crippen molar-refractivity contribution in [1.82, 2.24) is 0 Å². The molecule has 3 nitrogen and oxygen atoms in total. The first-order valence-corrected chi connectivity index (χ1v) is 8.01. The number of nitrogens with one attached hydrogen (secondary N) is 1. The molecular weight excluding hydrogens is 260 g/mol. The lowest BCUT2D eigenvalue weighted by Gasteiger charge is -2.19. The summed E-state index contributed by atoms with van der Waals surface area (Å²) in [6.07, 6.45) is 0. The standard InChI is InChI=1S/C18H26N2O/c1-15(2)17-7-6-16(3)14-18(17)21-13-5-4-10-20-11-8-19-9-12-20/h6-7,14-15,19H,8-13H2,1-3H3/p+2. The molecule has 1 fully saturated rings. The van der Waals surface area contributed by atoms with Gasteiger partial charge in [-0.1, -0.05) is 31.9 Å². The topological polar surface area (TPSA) is 30.3 Å². The van der Waals surface area contributed by atoms with Gasteiger partial charge in [-0.15, -0.1) is 0 Å². The molecule has 1 aromatic rings. The Labute approximate surface area is 128 Å². The lowest BCUT2D eigenvalue weighted by molar-refractivity contribution is -0.941. The number of piperazine rings is 1. The number of quaternary nitrogens is 2. The molecule has 114 valence electrons. The molecule has 1 aliphatic rings. The van der Waals surface area contributed by atoms with Crippen molar-refractivity contribution >= 4 is 0 Å². The molecule has 1 aliphatic heterocycles. The van der Waals surface area contributed by atoms with Gasteiger partial charge in [0.25, 0.3) is 0 Å². The van der Waals surface area contributed by atoms with Gasteiger partial charge in [-0.05, 0) is 36.0 Å². The molecular formula is C18H28N2O+2. The summed E-state index contributed by atoms with van der Waals surface area (Å²) < 4.78 is 5.88. The van der Waals surface area contributed by atoms with Crippen LogP contribution >= 0.6 is 0 Å². The van der Waals surface area contributed by atoms with Crippen LogP contribution in [0.4, 0.5) is 0 Å². The van der Waals surface area contributed by atoms with E-state index in [9.17, 15) is 0 Å². The Hall–Kier alpha value is -1.50. The largest absolute Gasteiger partial charge is 0.481 e. The summed E-state index contributed by atoms with van der Waals surface area (Å²) in [4.78, 5) is 1.60. The Morgan fingerprint density at radius 1 is 1.24 bits per heavy atom. The normalized spacial score (nSPS) is 15.6. The smallest absolute Gasteiger partial charge is 0.149 e. The zero-order chi connectivity index (χ0) is 15.1. The summed E-state index contributed by atoms with van der Waals surface area (Å²) in [7, 11) is 0. The number of nitrogens with two attached hydrogens (primary N) is 1. The molecule has 0 unspecified atom stereocenters. The van der Waals surface area contributed by atoms with Crippen LogP contribution in [-0.2, 0) is 0 Å². The van der Waals surface area contributed by atoms with Crippen LogP contribution in [-0.4, -0.2) is 39.3 Å². The quantitative estimate of drug-likeness (QED) is 0.749. The van der Waals surface area contributed by atoms with E-state index in [2.05, 4.69) is 56.1 Å². The summed E-state index contributed by atoms with van der Waals surface area (Å²) in [5.74, 6) is 7.89. The van der Waals surface area contributed by atoms with Crippen LogP contribution < -0.4 is 15.0 Å². The Balaban J connectivity index is 1.84. The van der Waals surface area contributed by atoms with E-state index in [1.165, 1.54) is 37.3 Å². The van der Waals surface area contributed by atoms with Crippen LogP contribution in [0.2, 0.25) is 0 Å². The van der Waals surface area contributed by atoms with Gasteiger partial charge in [-0.25, -0.2) is 0 Å². The molecule has 3 N–H and O–H groups in total. The number of hydrogen-bond acceptors (Lipinski definition) is 1. The van der Waals surface area contributed by atoms with Gasteiger partial charge in [0, 0.05) is 0 Å². The molecule has 0 aliphatic carbocycles. The molecule has 0 saturated carbocycles. The highest BCUT2D eigenvalue weighted by atomic mass is 16.5. The number of ether oxygens (including phenoxy) is 1. The average Bonchev–Trinajstić information content (AvgIpc) is 2.48. The SMILES string of the molecule is Cc1ccc(C(C)C)c(OCC#CC[NH+]2CC[NH2+]CC2)c1. The first kappa shape index (κ1) is 15.9. The van der Waals surface area contributed by atoms with E-state index in [0.717, 1.165) is 12.3 Å². The maximum atomic E-state index is 5.88. The van der Waals surface area contributed by atoms with Crippen LogP contribution in [0.5, 0.6) is 5.75 Å². The van der Waals surface area contributed by atoms with Gasteiger partial charge in [-0.2, -0.15) is 0 Å². The van der Waals surface area contributed by atoms with Crippen molar-refractivity contribution in [1.29, 1.82) is 0 Å². The van der Waals surface area contributed by atoms with E-state index in [1.54, 1.807) is 4.90 Å². The van der Waals surface area contributed by atoms with Crippen molar-refractivity contribution in [3.8, 4) is 17.6 Å². The monoisotopic (exact) mass is 288 g/mol. The van der Waals surface area contributed by atoms with Crippen LogP contribution in [0.1, 0.15) is 30.9 Å². The Bertz CT molecular complexity index is 508. The van der Waals surface area contributed by atoms with Gasteiger partial charge < -0.3 is 15.0 Å². The summed E-state index contributed by atoms with van der Waals surface area (Å²) in [6, 6.07) is 6.42. The van der Waals surface area contributed by atoms with E-state index in [1.807, 2.05) is 0 Å². The molecule has 0 bridgehead atoms. The molecule has 1 saturated heterocycles. The fourth-order valence-corrected chi connectivity index (χ4v) is 2.65. The fourth-order valence-electron chi connectivity index (χ4n) is 2.65. The van der Waals surface area contributed by atoms with Crippen molar-refractivity contribution in [3.63, 3.8) is 0 Å². The lowest BCUT2D eigenvalue weighted by Crippen LogP contribution is -3.20. The minimum Gasteiger partial charge on any atom is -0.481 e. The van der Waals surface area contributed by atoms with E-state index >= 15 is 0 Å². The molecule has 0 spiro atoms. The first-order chi connectivity index (χ1) is 10.2. The maximum absolute atomic E-state index is 5.88. The second kappa shape index (κ2) is 8.07. The molecule has 0 amide bonds. The van der Waals surface area contributed by atoms with Gasteiger partial charge in [-0.3, -0.25) is 0 Å². The first-order valence-electron chi connectivity index (χ1n) is 8.01. The third-order valence-corrected chi connectivity index (χ3v) is 3.96. The van der Waals surface area contributed by atoms with Crippen molar-refractivity contribution in [3.05, 3.63) is 29.3 Å². The lowest BCUT2D eigenvalue weighted by atomic mass is 10.0. The highest BCUT2D eigenvalue weighted by Crippen LogP contribution is 2.27. The van der Waals surface area contributed by atoms with Crippen molar-refractivity contribution < 1.29 is 15.0 Å². The van der Waals surface area contributed by atoms with Gasteiger partial charge in [0.2, 0.25) is 0 Å². The van der Waals surface area contributed by atoms with Crippen LogP contribution in [0, 0.1) is 18.8 Å². The van der Waals surface area contributed by atoms with Gasteiger partial charge in [0.15, 0.2) is 0 Å². The Morgan fingerprint density at radius 3 is 2.71 bits per heavy atom. The predicted octanol–water partition coefficient (Wildman–Crippen LogP) is -0.0375. The van der Waals surface area contributed by atoms with Gasteiger partial charge in [0.1, 0.15) is 45.1 Å². The molecule has 0 atom stereocenters. The molecule has 0 radical (unpaired) electrons. The summed E-state index contributed by atoms with van der Waals surface area (Å²) in [6.45, 7) is 12.8. The molecule has 2 rings (SSSR count). The molecule has 3 heteroatoms. The molecule has 1 aromatic carbocycles. The Morgan fingerprint density at radius 2 is 2.00 bits per heavy atom. The summed E-state index contributed by atoms with van der Waals surface area (Å²) in [5.41, 5.74) is 2.50. The van der Waals surface area contributed by atoms with E-state index in [4.69, 9.17) is 4.74 Å². The predicted molar refractivity (Wildman–Crippen MR) is 85.8 cm³/mol. The fraction of sp³-hybridized carbons (Fsp3) is 0.556. The minimum absolute atomic E-state index is 0.475. The number of rotatable bonds is 4. The van der Waals surface area contributed by atoms with Crippen molar-refractivity contribution in [2.24, 2.45) is 0 Å². The van der Waals surface area contributed by atoms with Crippen molar-refractivity contribution in [2.45, 2.75) is 26.7 Å². The maximum Gasteiger partial charge on any atom is 0.149 e. The second-order valence-corrected chi connectivity index (χ2v) is 6.13. The third-order valence-electron chi connectivity index (χ3n) is 3.96. The Kier molecular flexibility index (Phi) is 6.10. The number of benzene rings is 1. The van der Waals surface area contributed by atoms with Crippen molar-refractivity contribution in [2.75, 3.05) is 39.3 Å². The number of aryl methyl sites for hydroxylation is 1. The highest BCUT2D eigenvalue weighted by molar-refractivity contribution is 5.39. The van der Waals surface area contributed by atoms with E-state index < -0.39 is 0 Å². The second-order valence-electron chi connectivity index (χ2n) is 6.13. The van der Waals surface area contributed by atoms with E-state index in [0.29, 0.717) is 12.5 Å². The van der Waals surface area contributed by atoms with Crippen LogP contribution in [0.3, 0.4) is 0 Å². The summed E-state index contributed by atoms with van der Waals surface area (Å²) >= 11 is 0. The molecule has 0 aromatic heterocycles. The average molecular weight is 288 g/mol. The van der Waals surface area contributed by atoms with Gasteiger partial charge >= 0.3 is 0 Å². The van der Waals surface area contributed by atoms with Crippen LogP contribution in [0.15, 0.2) is 18.2 Å². The molecule has 21 heavy (non-hydrogen) atoms. The minimum atomic E-state index is 0.475. The third kappa shape index (κ3) is 5.08. The van der Waals surface area contributed by atoms with Crippen LogP contribution in [0.25, 0.3) is 0 Å². The zero-order valence-corrected chi connectivity index (χ0v) is 13.5.